The molecular weight excluding hydrogens is 386 g/mol. The summed E-state index contributed by atoms with van der Waals surface area (Å²) in [5, 5.41) is 3.55. The summed E-state index contributed by atoms with van der Waals surface area (Å²) in [7, 11) is 0. The molecule has 0 aromatic heterocycles. The first-order valence-corrected chi connectivity index (χ1v) is 10.7. The third-order valence-electron chi connectivity index (χ3n) is 5.57. The number of carbonyl (C=O) groups excluding carboxylic acids is 2. The first kappa shape index (κ1) is 21.3. The summed E-state index contributed by atoms with van der Waals surface area (Å²) < 4.78 is 0. The average Bonchev–Trinajstić information content (AvgIpc) is 3.16. The molecule has 0 aliphatic carbocycles. The fourth-order valence-corrected chi connectivity index (χ4v) is 3.93. The Morgan fingerprint density at radius 1 is 1.14 bits per heavy atom. The van der Waals surface area contributed by atoms with E-state index in [-0.39, 0.29) is 11.8 Å². The molecule has 5 nitrogen and oxygen atoms in total. The van der Waals surface area contributed by atoms with E-state index in [2.05, 4.69) is 31.3 Å². The van der Waals surface area contributed by atoms with Gasteiger partial charge >= 0.3 is 0 Å². The van der Waals surface area contributed by atoms with Crippen molar-refractivity contribution in [2.24, 2.45) is 0 Å². The average molecular weight is 415 g/mol. The largest absolute Gasteiger partial charge is 0.348 e. The van der Waals surface area contributed by atoms with Crippen LogP contribution in [0.4, 0.5) is 5.69 Å². The summed E-state index contributed by atoms with van der Waals surface area (Å²) in [4.78, 5) is 28.3. The smallest absolute Gasteiger partial charge is 0.253 e. The molecule has 1 heterocycles. The zero-order valence-electron chi connectivity index (χ0n) is 17.1. The zero-order chi connectivity index (χ0) is 20.8. The Balaban J connectivity index is 1.76. The second-order valence-corrected chi connectivity index (χ2v) is 7.83. The molecular formula is C23H29ClN3O2+. The first-order chi connectivity index (χ1) is 14.0. The molecule has 0 bridgehead atoms. The standard InChI is InChI=1S/C23H28ClN3O2/c1-3-26(4-2)16-18-9-6-5-8-17(18)15-25-23(29)20-12-11-19(24)14-21(20)27-13-7-10-22(27)28/h5-6,8-9,11-12,14H,3-4,7,10,13,15-16H2,1-2H3,(H,25,29)/p+1. The number of anilines is 1. The predicted molar refractivity (Wildman–Crippen MR) is 116 cm³/mol. The molecule has 2 aromatic rings. The lowest BCUT2D eigenvalue weighted by atomic mass is 10.1. The number of amides is 2. The number of carbonyl (C=O) groups is 2. The molecule has 2 amide bonds. The van der Waals surface area contributed by atoms with Gasteiger partial charge in [0, 0.05) is 30.1 Å². The van der Waals surface area contributed by atoms with E-state index in [1.54, 1.807) is 23.1 Å². The molecule has 2 N–H and O–H groups in total. The summed E-state index contributed by atoms with van der Waals surface area (Å²) in [6.07, 6.45) is 1.31. The Bertz CT molecular complexity index is 880. The highest BCUT2D eigenvalue weighted by molar-refractivity contribution is 6.31. The van der Waals surface area contributed by atoms with Crippen molar-refractivity contribution < 1.29 is 14.5 Å². The van der Waals surface area contributed by atoms with Crippen molar-refractivity contribution in [2.45, 2.75) is 39.8 Å². The SMILES string of the molecule is CC[NH+](CC)Cc1ccccc1CNC(=O)c1ccc(Cl)cc1N1CCCC1=O. The molecule has 0 unspecified atom stereocenters. The van der Waals surface area contributed by atoms with Gasteiger partial charge in [0.1, 0.15) is 6.54 Å². The molecule has 3 rings (SSSR count). The van der Waals surface area contributed by atoms with Crippen LogP contribution in [0.5, 0.6) is 0 Å². The van der Waals surface area contributed by atoms with Crippen molar-refractivity contribution in [3.63, 3.8) is 0 Å². The molecule has 2 aromatic carbocycles. The second-order valence-electron chi connectivity index (χ2n) is 7.40. The van der Waals surface area contributed by atoms with Crippen molar-refractivity contribution in [2.75, 3.05) is 24.5 Å². The molecule has 1 saturated heterocycles. The first-order valence-electron chi connectivity index (χ1n) is 10.3. The molecule has 0 radical (unpaired) electrons. The summed E-state index contributed by atoms with van der Waals surface area (Å²) in [5.74, 6) is -0.157. The van der Waals surface area contributed by atoms with E-state index in [1.807, 2.05) is 12.1 Å². The van der Waals surface area contributed by atoms with Crippen LogP contribution in [-0.2, 0) is 17.9 Å². The van der Waals surface area contributed by atoms with Gasteiger partial charge in [0.15, 0.2) is 0 Å². The lowest BCUT2D eigenvalue weighted by molar-refractivity contribution is -0.910. The summed E-state index contributed by atoms with van der Waals surface area (Å²) >= 11 is 6.15. The number of hydrogen-bond donors (Lipinski definition) is 2. The van der Waals surface area contributed by atoms with E-state index in [0.29, 0.717) is 35.8 Å². The maximum absolute atomic E-state index is 13.0. The van der Waals surface area contributed by atoms with Gasteiger partial charge in [-0.2, -0.15) is 0 Å². The topological polar surface area (TPSA) is 53.9 Å². The van der Waals surface area contributed by atoms with E-state index in [1.165, 1.54) is 10.5 Å². The minimum atomic E-state index is -0.193. The normalized spacial score (nSPS) is 13.9. The van der Waals surface area contributed by atoms with Crippen LogP contribution < -0.4 is 15.1 Å². The lowest BCUT2D eigenvalue weighted by Crippen LogP contribution is -3.10. The number of nitrogens with one attached hydrogen (secondary N) is 2. The van der Waals surface area contributed by atoms with E-state index >= 15 is 0 Å². The van der Waals surface area contributed by atoms with Gasteiger partial charge in [-0.15, -0.1) is 0 Å². The number of benzene rings is 2. The quantitative estimate of drug-likeness (QED) is 0.697. The Morgan fingerprint density at radius 3 is 2.52 bits per heavy atom. The summed E-state index contributed by atoms with van der Waals surface area (Å²) in [6, 6.07) is 13.3. The van der Waals surface area contributed by atoms with Crippen LogP contribution in [0.1, 0.15) is 48.2 Å². The Hall–Kier alpha value is -2.37. The molecule has 0 saturated carbocycles. The zero-order valence-corrected chi connectivity index (χ0v) is 17.9. The highest BCUT2D eigenvalue weighted by Crippen LogP contribution is 2.28. The van der Waals surface area contributed by atoms with Crippen molar-refractivity contribution in [1.82, 2.24) is 5.32 Å². The maximum Gasteiger partial charge on any atom is 0.253 e. The molecule has 1 aliphatic heterocycles. The van der Waals surface area contributed by atoms with E-state index in [4.69, 9.17) is 11.6 Å². The summed E-state index contributed by atoms with van der Waals surface area (Å²) in [6.45, 7) is 8.51. The van der Waals surface area contributed by atoms with Gasteiger partial charge < -0.3 is 15.1 Å². The number of halogens is 1. The number of hydrogen-bond acceptors (Lipinski definition) is 2. The van der Waals surface area contributed by atoms with Gasteiger partial charge in [-0.3, -0.25) is 9.59 Å². The van der Waals surface area contributed by atoms with Crippen LogP contribution in [0.25, 0.3) is 0 Å². The van der Waals surface area contributed by atoms with Gasteiger partial charge in [-0.1, -0.05) is 35.9 Å². The number of rotatable bonds is 8. The van der Waals surface area contributed by atoms with Crippen molar-refractivity contribution >= 4 is 29.1 Å². The minimum absolute atomic E-state index is 0.0360. The van der Waals surface area contributed by atoms with Crippen LogP contribution in [-0.4, -0.2) is 31.4 Å². The monoisotopic (exact) mass is 414 g/mol. The molecule has 0 atom stereocenters. The molecule has 0 spiro atoms. The number of nitrogens with zero attached hydrogens (tertiary/aromatic N) is 1. The van der Waals surface area contributed by atoms with Crippen LogP contribution >= 0.6 is 11.6 Å². The Morgan fingerprint density at radius 2 is 1.86 bits per heavy atom. The van der Waals surface area contributed by atoms with Gasteiger partial charge in [-0.05, 0) is 44.0 Å². The van der Waals surface area contributed by atoms with Crippen molar-refractivity contribution in [3.05, 3.63) is 64.2 Å². The molecule has 29 heavy (non-hydrogen) atoms. The molecule has 1 aliphatic rings. The fraction of sp³-hybridized carbons (Fsp3) is 0.391. The minimum Gasteiger partial charge on any atom is -0.348 e. The highest BCUT2D eigenvalue weighted by atomic mass is 35.5. The van der Waals surface area contributed by atoms with Gasteiger partial charge in [0.05, 0.1) is 24.3 Å². The highest BCUT2D eigenvalue weighted by Gasteiger charge is 2.26. The molecule has 1 fully saturated rings. The molecule has 154 valence electrons. The van der Waals surface area contributed by atoms with Gasteiger partial charge in [-0.25, -0.2) is 0 Å². The Kier molecular flexibility index (Phi) is 7.29. The van der Waals surface area contributed by atoms with E-state index in [0.717, 1.165) is 31.6 Å². The second kappa shape index (κ2) is 9.90. The van der Waals surface area contributed by atoms with E-state index in [9.17, 15) is 9.59 Å². The van der Waals surface area contributed by atoms with Crippen molar-refractivity contribution in [1.29, 1.82) is 0 Å². The number of quaternary nitrogens is 1. The van der Waals surface area contributed by atoms with E-state index < -0.39 is 0 Å². The lowest BCUT2D eigenvalue weighted by Gasteiger charge is -2.20. The Labute approximate surface area is 177 Å². The predicted octanol–water partition coefficient (Wildman–Crippen LogP) is 2.82. The third kappa shape index (κ3) is 5.17. The third-order valence-corrected chi connectivity index (χ3v) is 5.80. The van der Waals surface area contributed by atoms with Crippen LogP contribution in [0.2, 0.25) is 5.02 Å². The van der Waals surface area contributed by atoms with Gasteiger partial charge in [0.2, 0.25) is 5.91 Å². The summed E-state index contributed by atoms with van der Waals surface area (Å²) in [5.41, 5.74) is 3.44. The maximum atomic E-state index is 13.0. The van der Waals surface area contributed by atoms with Gasteiger partial charge in [0.25, 0.3) is 5.91 Å². The fourth-order valence-electron chi connectivity index (χ4n) is 3.77. The van der Waals surface area contributed by atoms with Crippen LogP contribution in [0.3, 0.4) is 0 Å². The van der Waals surface area contributed by atoms with Crippen LogP contribution in [0, 0.1) is 0 Å². The van der Waals surface area contributed by atoms with Crippen molar-refractivity contribution in [3.8, 4) is 0 Å². The van der Waals surface area contributed by atoms with Crippen LogP contribution in [0.15, 0.2) is 42.5 Å². The molecule has 6 heteroatoms.